The topological polar surface area (TPSA) is 87.7 Å². The molecule has 2 unspecified atom stereocenters. The van der Waals surface area contributed by atoms with Gasteiger partial charge in [-0.3, -0.25) is 4.79 Å². The summed E-state index contributed by atoms with van der Waals surface area (Å²) in [6.07, 6.45) is 9.18. The molecule has 0 aromatic heterocycles. The number of rotatable bonds is 4. The third-order valence-corrected chi connectivity index (χ3v) is 5.34. The van der Waals surface area contributed by atoms with E-state index in [0.717, 1.165) is 38.1 Å². The third kappa shape index (κ3) is 3.69. The molecule has 2 aliphatic carbocycles. The Hall–Kier alpha value is -1.26. The number of nitrogens with two attached hydrogens (primary N) is 1. The van der Waals surface area contributed by atoms with E-state index in [0.29, 0.717) is 18.8 Å². The minimum atomic E-state index is -0.796. The molecule has 4 N–H and O–H groups in total. The van der Waals surface area contributed by atoms with E-state index in [4.69, 9.17) is 10.9 Å². The van der Waals surface area contributed by atoms with Crippen LogP contribution in [-0.2, 0) is 4.79 Å². The van der Waals surface area contributed by atoms with Crippen LogP contribution in [0.15, 0.2) is 5.16 Å². The summed E-state index contributed by atoms with van der Waals surface area (Å²) in [5, 5.41) is 15.4. The minimum Gasteiger partial charge on any atom is -0.409 e. The van der Waals surface area contributed by atoms with Crippen molar-refractivity contribution in [3.8, 4) is 0 Å². The lowest BCUT2D eigenvalue weighted by molar-refractivity contribution is -0.128. The summed E-state index contributed by atoms with van der Waals surface area (Å²) < 4.78 is 0. The highest BCUT2D eigenvalue weighted by Gasteiger charge is 2.43. The van der Waals surface area contributed by atoms with Gasteiger partial charge in [0.25, 0.3) is 0 Å². The maximum atomic E-state index is 12.7. The van der Waals surface area contributed by atoms with Gasteiger partial charge in [-0.25, -0.2) is 0 Å². The van der Waals surface area contributed by atoms with Gasteiger partial charge in [0.15, 0.2) is 5.84 Å². The second kappa shape index (κ2) is 7.14. The van der Waals surface area contributed by atoms with E-state index < -0.39 is 5.41 Å². The van der Waals surface area contributed by atoms with Crippen LogP contribution < -0.4 is 11.1 Å². The Labute approximate surface area is 127 Å². The first kappa shape index (κ1) is 16.1. The molecule has 2 rings (SSSR count). The molecule has 0 radical (unpaired) electrons. The van der Waals surface area contributed by atoms with Crippen molar-refractivity contribution in [2.24, 2.45) is 28.1 Å². The van der Waals surface area contributed by atoms with Gasteiger partial charge >= 0.3 is 0 Å². The molecular weight excluding hydrogens is 266 g/mol. The van der Waals surface area contributed by atoms with Crippen molar-refractivity contribution in [3.63, 3.8) is 0 Å². The predicted molar refractivity (Wildman–Crippen MR) is 83.1 cm³/mol. The molecule has 120 valence electrons. The molecule has 0 aliphatic heterocycles. The minimum absolute atomic E-state index is 0.0424. The summed E-state index contributed by atoms with van der Waals surface area (Å²) in [5.41, 5.74) is 5.10. The molecule has 0 aromatic rings. The number of carbonyl (C=O) groups excluding carboxylic acids is 1. The number of hydrogen-bond donors (Lipinski definition) is 3. The Morgan fingerprint density at radius 3 is 2.48 bits per heavy atom. The maximum absolute atomic E-state index is 12.7. The number of amides is 1. The Morgan fingerprint density at radius 2 is 1.95 bits per heavy atom. The molecule has 5 nitrogen and oxygen atoms in total. The lowest BCUT2D eigenvalue weighted by atomic mass is 9.78. The number of nitrogens with zero attached hydrogens (tertiary/aromatic N) is 1. The van der Waals surface area contributed by atoms with Gasteiger partial charge < -0.3 is 16.3 Å². The van der Waals surface area contributed by atoms with Gasteiger partial charge in [-0.15, -0.1) is 0 Å². The number of amidine groups is 1. The molecular formula is C16H29N3O2. The van der Waals surface area contributed by atoms with Crippen molar-refractivity contribution in [1.82, 2.24) is 5.32 Å². The van der Waals surface area contributed by atoms with Crippen LogP contribution in [0.25, 0.3) is 0 Å². The van der Waals surface area contributed by atoms with Crippen molar-refractivity contribution in [2.75, 3.05) is 6.54 Å². The van der Waals surface area contributed by atoms with Crippen LogP contribution in [0, 0.1) is 17.3 Å². The van der Waals surface area contributed by atoms with E-state index in [1.165, 1.54) is 19.3 Å². The summed E-state index contributed by atoms with van der Waals surface area (Å²) in [7, 11) is 0. The zero-order chi connectivity index (χ0) is 15.3. The summed E-state index contributed by atoms with van der Waals surface area (Å²) in [5.74, 6) is 1.39. The molecule has 0 heterocycles. The maximum Gasteiger partial charge on any atom is 0.233 e. The fourth-order valence-electron chi connectivity index (χ4n) is 3.94. The second-order valence-corrected chi connectivity index (χ2v) is 6.98. The van der Waals surface area contributed by atoms with E-state index >= 15 is 0 Å². The number of carbonyl (C=O) groups is 1. The zero-order valence-electron chi connectivity index (χ0n) is 13.1. The van der Waals surface area contributed by atoms with Crippen LogP contribution in [0.5, 0.6) is 0 Å². The first-order valence-corrected chi connectivity index (χ1v) is 8.35. The average molecular weight is 295 g/mol. The first-order valence-electron chi connectivity index (χ1n) is 8.35. The summed E-state index contributed by atoms with van der Waals surface area (Å²) in [6.45, 7) is 2.99. The van der Waals surface area contributed by atoms with Gasteiger partial charge in [0.2, 0.25) is 5.91 Å². The van der Waals surface area contributed by atoms with Gasteiger partial charge in [0.05, 0.1) is 0 Å². The molecule has 0 saturated heterocycles. The second-order valence-electron chi connectivity index (χ2n) is 6.98. The van der Waals surface area contributed by atoms with Gasteiger partial charge in [-0.05, 0) is 37.5 Å². The normalized spacial score (nSPS) is 29.9. The Kier molecular flexibility index (Phi) is 5.48. The van der Waals surface area contributed by atoms with E-state index in [-0.39, 0.29) is 11.7 Å². The van der Waals surface area contributed by atoms with Crippen molar-refractivity contribution < 1.29 is 10.0 Å². The molecule has 21 heavy (non-hydrogen) atoms. The number of oxime groups is 1. The van der Waals surface area contributed by atoms with Crippen LogP contribution in [0.2, 0.25) is 0 Å². The molecule has 5 heteroatoms. The van der Waals surface area contributed by atoms with Crippen LogP contribution in [0.1, 0.15) is 64.7 Å². The molecule has 0 spiro atoms. The lowest BCUT2D eigenvalue weighted by Gasteiger charge is -2.30. The molecule has 2 aliphatic rings. The molecule has 0 aromatic carbocycles. The fraction of sp³-hybridized carbons (Fsp3) is 0.875. The summed E-state index contributed by atoms with van der Waals surface area (Å²) >= 11 is 0. The Bertz CT molecular complexity index is 387. The highest BCUT2D eigenvalue weighted by molar-refractivity contribution is 6.06. The first-order chi connectivity index (χ1) is 10.1. The predicted octanol–water partition coefficient (Wildman–Crippen LogP) is 2.63. The van der Waals surface area contributed by atoms with E-state index in [9.17, 15) is 4.79 Å². The quantitative estimate of drug-likeness (QED) is 0.245. The van der Waals surface area contributed by atoms with Gasteiger partial charge in [0, 0.05) is 6.54 Å². The Balaban J connectivity index is 2.00. The SMILES string of the molecule is CC1CCC(CNC(=O)C2(C(N)=NO)CCCCCC2)C1. The van der Waals surface area contributed by atoms with Crippen LogP contribution in [0.3, 0.4) is 0 Å². The van der Waals surface area contributed by atoms with E-state index in [1.807, 2.05) is 0 Å². The summed E-state index contributed by atoms with van der Waals surface area (Å²) in [4.78, 5) is 12.7. The Morgan fingerprint density at radius 1 is 1.29 bits per heavy atom. The highest BCUT2D eigenvalue weighted by Crippen LogP contribution is 2.36. The smallest absolute Gasteiger partial charge is 0.233 e. The van der Waals surface area contributed by atoms with Gasteiger partial charge in [-0.1, -0.05) is 44.2 Å². The molecule has 2 atom stereocenters. The van der Waals surface area contributed by atoms with Gasteiger partial charge in [-0.2, -0.15) is 0 Å². The lowest BCUT2D eigenvalue weighted by Crippen LogP contribution is -2.50. The summed E-state index contributed by atoms with van der Waals surface area (Å²) in [6, 6.07) is 0. The standard InChI is InChI=1S/C16H29N3O2/c1-12-6-7-13(10-12)11-18-15(20)16(14(17)19-21)8-4-2-3-5-9-16/h12-13,21H,2-11H2,1H3,(H2,17,19)(H,18,20). The molecule has 2 fully saturated rings. The molecule has 0 bridgehead atoms. The average Bonchev–Trinajstić information content (AvgIpc) is 2.76. The molecule has 2 saturated carbocycles. The molecule has 1 amide bonds. The third-order valence-electron chi connectivity index (χ3n) is 5.34. The van der Waals surface area contributed by atoms with E-state index in [2.05, 4.69) is 17.4 Å². The monoisotopic (exact) mass is 295 g/mol. The van der Waals surface area contributed by atoms with Crippen LogP contribution >= 0.6 is 0 Å². The number of hydrogen-bond acceptors (Lipinski definition) is 3. The van der Waals surface area contributed by atoms with Crippen LogP contribution in [-0.4, -0.2) is 23.5 Å². The van der Waals surface area contributed by atoms with E-state index in [1.54, 1.807) is 0 Å². The highest BCUT2D eigenvalue weighted by atomic mass is 16.4. The zero-order valence-corrected chi connectivity index (χ0v) is 13.1. The van der Waals surface area contributed by atoms with Crippen LogP contribution in [0.4, 0.5) is 0 Å². The van der Waals surface area contributed by atoms with Crippen molar-refractivity contribution >= 4 is 11.7 Å². The van der Waals surface area contributed by atoms with Crippen molar-refractivity contribution in [2.45, 2.75) is 64.7 Å². The van der Waals surface area contributed by atoms with Gasteiger partial charge in [0.1, 0.15) is 5.41 Å². The largest absolute Gasteiger partial charge is 0.409 e. The van der Waals surface area contributed by atoms with Crippen molar-refractivity contribution in [1.29, 1.82) is 0 Å². The number of nitrogens with one attached hydrogen (secondary N) is 1. The van der Waals surface area contributed by atoms with Crippen molar-refractivity contribution in [3.05, 3.63) is 0 Å². The fourth-order valence-corrected chi connectivity index (χ4v) is 3.94.